The lowest BCUT2D eigenvalue weighted by Gasteiger charge is -2.40. The lowest BCUT2D eigenvalue weighted by atomic mass is 10.0. The molecule has 2 rings (SSSR count). The number of benzene rings is 1. The molecule has 2 N–H and O–H groups in total. The predicted molar refractivity (Wildman–Crippen MR) is 131 cm³/mol. The van der Waals surface area contributed by atoms with Gasteiger partial charge in [-0.05, 0) is 57.1 Å². The predicted octanol–water partition coefficient (Wildman–Crippen LogP) is 3.26. The molecule has 1 saturated heterocycles. The van der Waals surface area contributed by atoms with E-state index in [0.717, 1.165) is 57.9 Å². The van der Waals surface area contributed by atoms with Crippen LogP contribution in [0.2, 0.25) is 0 Å². The first-order valence-electron chi connectivity index (χ1n) is 12.3. The van der Waals surface area contributed by atoms with Crippen LogP contribution in [-0.2, 0) is 6.42 Å². The largest absolute Gasteiger partial charge is 0.399 e. The lowest BCUT2D eigenvalue weighted by Crippen LogP contribution is -2.52. The second kappa shape index (κ2) is 13.3. The Kier molecular flexibility index (Phi) is 11.1. The number of anilines is 1. The highest BCUT2D eigenvalue weighted by Crippen LogP contribution is 2.16. The standard InChI is InChI=1S/C25H47N5/c1-6-22(5)30-19-17-28(8-3)15-14-27(7-2)16-18-29(9-4)25(21-30)20-23-10-12-24(26)13-11-23/h10-13,22,25H,6-9,14-21,26H2,1-5H3/t22-,25?/m0/s1. The Balaban J connectivity index is 2.25. The van der Waals surface area contributed by atoms with Crippen LogP contribution in [0.1, 0.15) is 46.6 Å². The molecule has 0 radical (unpaired) electrons. The van der Waals surface area contributed by atoms with Crippen LogP contribution in [0.4, 0.5) is 5.69 Å². The fourth-order valence-electron chi connectivity index (χ4n) is 4.53. The van der Waals surface area contributed by atoms with Gasteiger partial charge in [0.1, 0.15) is 0 Å². The van der Waals surface area contributed by atoms with Crippen molar-refractivity contribution in [2.75, 3.05) is 71.2 Å². The summed E-state index contributed by atoms with van der Waals surface area (Å²) in [6, 6.07) is 9.66. The Morgan fingerprint density at radius 3 is 1.93 bits per heavy atom. The molecule has 5 nitrogen and oxygen atoms in total. The fraction of sp³-hybridized carbons (Fsp3) is 0.760. The van der Waals surface area contributed by atoms with Gasteiger partial charge in [0, 0.05) is 63.6 Å². The fourth-order valence-corrected chi connectivity index (χ4v) is 4.53. The summed E-state index contributed by atoms with van der Waals surface area (Å²) in [6.45, 7) is 23.1. The van der Waals surface area contributed by atoms with E-state index in [-0.39, 0.29) is 0 Å². The van der Waals surface area contributed by atoms with Gasteiger partial charge < -0.3 is 15.5 Å². The third kappa shape index (κ3) is 7.84. The molecule has 0 aromatic heterocycles. The zero-order valence-electron chi connectivity index (χ0n) is 20.3. The van der Waals surface area contributed by atoms with E-state index in [1.165, 1.54) is 31.6 Å². The van der Waals surface area contributed by atoms with Crippen LogP contribution in [0, 0.1) is 0 Å². The molecule has 0 amide bonds. The lowest BCUT2D eigenvalue weighted by molar-refractivity contribution is 0.0842. The Labute approximate surface area is 186 Å². The highest BCUT2D eigenvalue weighted by Gasteiger charge is 2.25. The number of rotatable bonds is 7. The number of hydrogen-bond acceptors (Lipinski definition) is 5. The molecule has 1 aromatic rings. The van der Waals surface area contributed by atoms with Crippen molar-refractivity contribution in [3.63, 3.8) is 0 Å². The molecule has 1 aliphatic heterocycles. The molecule has 0 aliphatic carbocycles. The summed E-state index contributed by atoms with van der Waals surface area (Å²) in [5.74, 6) is 0. The minimum atomic E-state index is 0.529. The Morgan fingerprint density at radius 1 is 0.833 bits per heavy atom. The van der Waals surface area contributed by atoms with Crippen LogP contribution in [0.5, 0.6) is 0 Å². The molecular weight excluding hydrogens is 370 g/mol. The molecule has 1 aliphatic rings. The van der Waals surface area contributed by atoms with Crippen molar-refractivity contribution in [1.82, 2.24) is 19.6 Å². The van der Waals surface area contributed by atoms with Crippen LogP contribution in [0.25, 0.3) is 0 Å². The maximum atomic E-state index is 5.94. The van der Waals surface area contributed by atoms with Gasteiger partial charge in [0.25, 0.3) is 0 Å². The Morgan fingerprint density at radius 2 is 1.40 bits per heavy atom. The van der Waals surface area contributed by atoms with Gasteiger partial charge >= 0.3 is 0 Å². The summed E-state index contributed by atoms with van der Waals surface area (Å²) in [5.41, 5.74) is 8.18. The maximum absolute atomic E-state index is 5.94. The minimum absolute atomic E-state index is 0.529. The molecule has 0 bridgehead atoms. The first-order valence-corrected chi connectivity index (χ1v) is 12.3. The SMILES string of the molecule is CC[C@H](C)N1CCN(CC)CCN(CC)CCN(CC)C(Cc2ccc(N)cc2)C1. The Hall–Kier alpha value is -1.14. The van der Waals surface area contributed by atoms with Gasteiger partial charge in [0.05, 0.1) is 0 Å². The van der Waals surface area contributed by atoms with Gasteiger partial charge in [-0.25, -0.2) is 0 Å². The van der Waals surface area contributed by atoms with Crippen molar-refractivity contribution < 1.29 is 0 Å². The van der Waals surface area contributed by atoms with Crippen molar-refractivity contribution in [2.45, 2.75) is 59.5 Å². The number of nitrogens with zero attached hydrogens (tertiary/aromatic N) is 4. The van der Waals surface area contributed by atoms with E-state index in [0.29, 0.717) is 12.1 Å². The third-order valence-electron chi connectivity index (χ3n) is 7.07. The van der Waals surface area contributed by atoms with E-state index in [1.807, 2.05) is 12.1 Å². The normalized spacial score (nSPS) is 23.0. The van der Waals surface area contributed by atoms with E-state index < -0.39 is 0 Å². The number of nitrogens with two attached hydrogens (primary N) is 1. The van der Waals surface area contributed by atoms with Crippen molar-refractivity contribution in [3.05, 3.63) is 29.8 Å². The highest BCUT2D eigenvalue weighted by atomic mass is 15.3. The van der Waals surface area contributed by atoms with Gasteiger partial charge in [-0.2, -0.15) is 0 Å². The number of likely N-dealkylation sites (N-methyl/N-ethyl adjacent to an activating group) is 3. The molecule has 5 heteroatoms. The topological polar surface area (TPSA) is 39.0 Å². The molecule has 172 valence electrons. The second-order valence-corrected chi connectivity index (χ2v) is 8.85. The van der Waals surface area contributed by atoms with Gasteiger partial charge in [-0.1, -0.05) is 39.8 Å². The molecule has 1 heterocycles. The van der Waals surface area contributed by atoms with Crippen LogP contribution < -0.4 is 5.73 Å². The van der Waals surface area contributed by atoms with E-state index >= 15 is 0 Å². The molecule has 0 spiro atoms. The van der Waals surface area contributed by atoms with Crippen LogP contribution >= 0.6 is 0 Å². The van der Waals surface area contributed by atoms with Gasteiger partial charge in [-0.3, -0.25) is 9.80 Å². The molecule has 0 saturated carbocycles. The molecule has 1 aromatic carbocycles. The van der Waals surface area contributed by atoms with Crippen molar-refractivity contribution >= 4 is 5.69 Å². The van der Waals surface area contributed by atoms with Crippen molar-refractivity contribution in [2.24, 2.45) is 0 Å². The molecule has 30 heavy (non-hydrogen) atoms. The van der Waals surface area contributed by atoms with Gasteiger partial charge in [-0.15, -0.1) is 0 Å². The molecular formula is C25H47N5. The van der Waals surface area contributed by atoms with E-state index in [9.17, 15) is 0 Å². The third-order valence-corrected chi connectivity index (χ3v) is 7.07. The van der Waals surface area contributed by atoms with E-state index in [4.69, 9.17) is 5.73 Å². The minimum Gasteiger partial charge on any atom is -0.399 e. The zero-order valence-corrected chi connectivity index (χ0v) is 20.3. The summed E-state index contributed by atoms with van der Waals surface area (Å²) >= 11 is 0. The quantitative estimate of drug-likeness (QED) is 0.690. The van der Waals surface area contributed by atoms with Crippen LogP contribution in [-0.4, -0.2) is 97.1 Å². The smallest absolute Gasteiger partial charge is 0.0314 e. The summed E-state index contributed by atoms with van der Waals surface area (Å²) in [7, 11) is 0. The van der Waals surface area contributed by atoms with Gasteiger partial charge in [0.2, 0.25) is 0 Å². The Bertz CT molecular complexity index is 575. The molecule has 2 atom stereocenters. The number of hydrogen-bond donors (Lipinski definition) is 1. The molecule has 1 fully saturated rings. The zero-order chi connectivity index (χ0) is 21.9. The van der Waals surface area contributed by atoms with Crippen molar-refractivity contribution in [1.29, 1.82) is 0 Å². The van der Waals surface area contributed by atoms with Crippen LogP contribution in [0.3, 0.4) is 0 Å². The first kappa shape index (κ1) is 25.1. The number of nitrogen functional groups attached to an aromatic ring is 1. The molecule has 1 unspecified atom stereocenters. The monoisotopic (exact) mass is 417 g/mol. The summed E-state index contributed by atoms with van der Waals surface area (Å²) in [6.07, 6.45) is 2.29. The average Bonchev–Trinajstić information content (AvgIpc) is 2.76. The maximum Gasteiger partial charge on any atom is 0.0314 e. The average molecular weight is 418 g/mol. The van der Waals surface area contributed by atoms with E-state index in [2.05, 4.69) is 66.4 Å². The van der Waals surface area contributed by atoms with Crippen molar-refractivity contribution in [3.8, 4) is 0 Å². The second-order valence-electron chi connectivity index (χ2n) is 8.85. The highest BCUT2D eigenvalue weighted by molar-refractivity contribution is 5.39. The van der Waals surface area contributed by atoms with Gasteiger partial charge in [0.15, 0.2) is 0 Å². The van der Waals surface area contributed by atoms with Crippen LogP contribution in [0.15, 0.2) is 24.3 Å². The summed E-state index contributed by atoms with van der Waals surface area (Å²) in [4.78, 5) is 10.7. The van der Waals surface area contributed by atoms with E-state index in [1.54, 1.807) is 0 Å². The summed E-state index contributed by atoms with van der Waals surface area (Å²) < 4.78 is 0. The summed E-state index contributed by atoms with van der Waals surface area (Å²) in [5, 5.41) is 0. The first-order chi connectivity index (χ1) is 14.5.